The number of hydrogen-bond donors (Lipinski definition) is 0. The fraction of sp³-hybridized carbons (Fsp3) is 0. The van der Waals surface area contributed by atoms with Crippen LogP contribution < -0.4 is 29.6 Å². The summed E-state index contributed by atoms with van der Waals surface area (Å²) < 4.78 is 0. The van der Waals surface area contributed by atoms with Crippen molar-refractivity contribution < 1.29 is 29.6 Å². The smallest absolute Gasteiger partial charge is 0.151 e. The van der Waals surface area contributed by atoms with Crippen molar-refractivity contribution in [1.82, 2.24) is 0 Å². The van der Waals surface area contributed by atoms with E-state index in [1.807, 2.05) is 24.3 Å². The van der Waals surface area contributed by atoms with E-state index in [0.29, 0.717) is 0 Å². The van der Waals surface area contributed by atoms with Gasteiger partial charge in [0, 0.05) is 8.41 Å². The maximum absolute atomic E-state index is 3.60. The summed E-state index contributed by atoms with van der Waals surface area (Å²) in [7, 11) is 0. The third kappa shape index (κ3) is 3.94. The van der Waals surface area contributed by atoms with Gasteiger partial charge in [0.15, 0.2) is 0 Å². The molecule has 43 valence electrons. The van der Waals surface area contributed by atoms with Crippen LogP contribution in [0.2, 0.25) is 0 Å². The number of rotatable bonds is 1. The fourth-order valence-corrected chi connectivity index (χ4v) is 0.534. The molecule has 3 radical (unpaired) electrons. The molecule has 0 aliphatic heterocycles. The van der Waals surface area contributed by atoms with Gasteiger partial charge in [0.1, 0.15) is 0 Å². The monoisotopic (exact) mass is 137 g/mol. The van der Waals surface area contributed by atoms with Crippen LogP contribution in [-0.4, -0.2) is 8.41 Å². The third-order valence-electron chi connectivity index (χ3n) is 0.953. The summed E-state index contributed by atoms with van der Waals surface area (Å²) in [6.07, 6.45) is 1.78. The first-order valence-corrected chi connectivity index (χ1v) is 2.52. The molecule has 10 heavy (non-hydrogen) atoms. The van der Waals surface area contributed by atoms with Gasteiger partial charge in [0.2, 0.25) is 0 Å². The number of hydrogen-bond acceptors (Lipinski definition) is 0. The molecule has 0 aromatic heterocycles. The first-order valence-electron chi connectivity index (χ1n) is 2.52. The Morgan fingerprint density at radius 2 is 2.10 bits per heavy atom. The van der Waals surface area contributed by atoms with Crippen LogP contribution in [0.5, 0.6) is 0 Å². The minimum atomic E-state index is 0. The molecular weight excluding hydrogens is 130 g/mol. The second kappa shape index (κ2) is 7.14. The Bertz CT molecular complexity index is 172. The van der Waals surface area contributed by atoms with Crippen molar-refractivity contribution >= 4 is 14.5 Å². The minimum Gasteiger partial charge on any atom is -0.151 e. The van der Waals surface area contributed by atoms with Crippen molar-refractivity contribution in [3.8, 4) is 0 Å². The Morgan fingerprint density at radius 3 is 2.40 bits per heavy atom. The third-order valence-corrected chi connectivity index (χ3v) is 0.953. The summed E-state index contributed by atoms with van der Waals surface area (Å²) >= 11 is 0. The van der Waals surface area contributed by atoms with Gasteiger partial charge in [-0.1, -0.05) is 0 Å². The molecule has 0 saturated heterocycles. The quantitative estimate of drug-likeness (QED) is 0.335. The largest absolute Gasteiger partial charge is 1.00 e. The summed E-state index contributed by atoms with van der Waals surface area (Å²) in [5, 5.41) is 0. The van der Waals surface area contributed by atoms with Crippen LogP contribution in [0.3, 0.4) is 0 Å². The molecule has 1 aromatic rings. The van der Waals surface area contributed by atoms with Crippen LogP contribution >= 0.6 is 0 Å². The van der Waals surface area contributed by atoms with Gasteiger partial charge in [-0.15, -0.1) is 43.0 Å². The van der Waals surface area contributed by atoms with Gasteiger partial charge in [-0.25, -0.2) is 0 Å². The molecule has 0 aliphatic rings. The van der Waals surface area contributed by atoms with Crippen LogP contribution in [0.15, 0.2) is 30.8 Å². The normalized spacial score (nSPS) is 6.80. The molecule has 1 rings (SSSR count). The van der Waals surface area contributed by atoms with Crippen molar-refractivity contribution in [2.75, 3.05) is 0 Å². The fourth-order valence-electron chi connectivity index (χ4n) is 0.534. The van der Waals surface area contributed by atoms with Gasteiger partial charge in [-0.2, -0.15) is 5.56 Å². The van der Waals surface area contributed by atoms with Crippen LogP contribution in [-0.2, 0) is 0 Å². The van der Waals surface area contributed by atoms with E-state index in [0.717, 1.165) is 5.56 Å². The molecule has 0 saturated carbocycles. The van der Waals surface area contributed by atoms with E-state index in [-0.39, 0.29) is 38.0 Å². The van der Waals surface area contributed by atoms with E-state index in [9.17, 15) is 0 Å². The maximum Gasteiger partial charge on any atom is 1.00 e. The molecule has 0 atom stereocenters. The van der Waals surface area contributed by atoms with Gasteiger partial charge in [0.25, 0.3) is 0 Å². The summed E-state index contributed by atoms with van der Waals surface area (Å²) in [6, 6.07) is 10.7. The Kier molecular flexibility index (Phi) is 9.05. The van der Waals surface area contributed by atoms with E-state index in [1.54, 1.807) is 6.08 Å². The second-order valence-electron chi connectivity index (χ2n) is 1.52. The topological polar surface area (TPSA) is 0 Å². The van der Waals surface area contributed by atoms with Gasteiger partial charge in [-0.05, 0) is 0 Å². The first-order chi connectivity index (χ1) is 3.93. The maximum atomic E-state index is 3.60. The van der Waals surface area contributed by atoms with Crippen molar-refractivity contribution in [3.05, 3.63) is 42.5 Å². The molecule has 1 aromatic carbocycles. The van der Waals surface area contributed by atoms with Crippen molar-refractivity contribution in [3.63, 3.8) is 0 Å². The van der Waals surface area contributed by atoms with Gasteiger partial charge >= 0.3 is 29.6 Å². The Balaban J connectivity index is 0. The standard InChI is InChI=1S/C8H7.B.Na/c1-2-8-6-4-3-5-7-8;;/h2-6H,1H2;;/q-1;;+1. The zero-order chi connectivity index (χ0) is 5.82. The molecule has 0 aliphatic carbocycles. The van der Waals surface area contributed by atoms with Gasteiger partial charge in [0.05, 0.1) is 0 Å². The zero-order valence-corrected chi connectivity index (χ0v) is 8.17. The second-order valence-corrected chi connectivity index (χ2v) is 1.52. The molecule has 0 fully saturated rings. The minimum absolute atomic E-state index is 0. The van der Waals surface area contributed by atoms with Crippen LogP contribution in [0.25, 0.3) is 6.08 Å². The molecule has 0 nitrogen and oxygen atoms in total. The van der Waals surface area contributed by atoms with E-state index in [1.165, 1.54) is 0 Å². The number of benzene rings is 1. The van der Waals surface area contributed by atoms with E-state index in [4.69, 9.17) is 0 Å². The van der Waals surface area contributed by atoms with Gasteiger partial charge in [-0.3, -0.25) is 0 Å². The average molecular weight is 137 g/mol. The summed E-state index contributed by atoms with van der Waals surface area (Å²) in [4.78, 5) is 0. The molecule has 2 heteroatoms. The summed E-state index contributed by atoms with van der Waals surface area (Å²) in [6.45, 7) is 3.60. The summed E-state index contributed by atoms with van der Waals surface area (Å²) in [5.41, 5.74) is 1.05. The Labute approximate surface area is 86.2 Å². The van der Waals surface area contributed by atoms with Crippen LogP contribution in [0.4, 0.5) is 0 Å². The molecule has 0 bridgehead atoms. The molecule has 0 N–H and O–H groups in total. The SMILES string of the molecule is C=Cc1[c-]cccc1.[B].[Na+]. The van der Waals surface area contributed by atoms with Crippen molar-refractivity contribution in [2.24, 2.45) is 0 Å². The first kappa shape index (κ1) is 12.7. The molecular formula is C8H7BNa. The molecule has 0 heterocycles. The van der Waals surface area contributed by atoms with E-state index >= 15 is 0 Å². The predicted molar refractivity (Wildman–Crippen MR) is 41.1 cm³/mol. The molecule has 0 unspecified atom stereocenters. The van der Waals surface area contributed by atoms with Crippen LogP contribution in [0, 0.1) is 6.07 Å². The summed E-state index contributed by atoms with van der Waals surface area (Å²) in [5.74, 6) is 0. The Hall–Kier alpha value is 0.0249. The molecule has 0 amide bonds. The van der Waals surface area contributed by atoms with Crippen LogP contribution in [0.1, 0.15) is 5.56 Å². The molecule has 0 spiro atoms. The van der Waals surface area contributed by atoms with Crippen molar-refractivity contribution in [1.29, 1.82) is 0 Å². The van der Waals surface area contributed by atoms with Crippen molar-refractivity contribution in [2.45, 2.75) is 0 Å². The Morgan fingerprint density at radius 1 is 1.40 bits per heavy atom. The predicted octanol–water partition coefficient (Wildman–Crippen LogP) is -1.25. The van der Waals surface area contributed by atoms with Gasteiger partial charge < -0.3 is 0 Å². The van der Waals surface area contributed by atoms with E-state index in [2.05, 4.69) is 12.6 Å². The average Bonchev–Trinajstić information content (AvgIpc) is 1.90. The zero-order valence-electron chi connectivity index (χ0n) is 6.17. The van der Waals surface area contributed by atoms with E-state index < -0.39 is 0 Å².